The zero-order valence-corrected chi connectivity index (χ0v) is 21.8. The Kier molecular flexibility index (Phi) is 10.6. The molecule has 1 aromatic carbocycles. The van der Waals surface area contributed by atoms with Crippen LogP contribution in [-0.4, -0.2) is 60.3 Å². The van der Waals surface area contributed by atoms with Crippen molar-refractivity contribution in [1.82, 2.24) is 5.32 Å². The molecule has 0 spiro atoms. The molecule has 1 aliphatic heterocycles. The second-order valence-corrected chi connectivity index (χ2v) is 9.49. The standard InChI is InChI=1S/C26H38N2O8/c1-7-8-10-18-23(36-20(29)13-14(2)3)16(5)35-26(33)21(15(4)34-25(18)32)28-24(31)17-11-9-12-19(27-6)22(17)30/h9,11-12,14-16,18,21,23,27,30H,7-8,10,13H2,1-6H3,(H,28,31)/t15-,16+,18-,21+,23+/m1/s1. The number of phenols is 1. The maximum atomic E-state index is 13.2. The van der Waals surface area contributed by atoms with Crippen molar-refractivity contribution in [2.24, 2.45) is 11.8 Å². The number of esters is 3. The van der Waals surface area contributed by atoms with Crippen LogP contribution in [0.25, 0.3) is 0 Å². The summed E-state index contributed by atoms with van der Waals surface area (Å²) in [6, 6.07) is 3.21. The molecule has 0 radical (unpaired) electrons. The third-order valence-corrected chi connectivity index (χ3v) is 6.04. The summed E-state index contributed by atoms with van der Waals surface area (Å²) in [6.07, 6.45) is -1.07. The molecule has 10 nitrogen and oxygen atoms in total. The predicted octanol–water partition coefficient (Wildman–Crippen LogP) is 3.17. The van der Waals surface area contributed by atoms with E-state index in [4.69, 9.17) is 14.2 Å². The fraction of sp³-hybridized carbons (Fsp3) is 0.615. The number of carbonyl (C=O) groups excluding carboxylic acids is 4. The number of hydrogen-bond donors (Lipinski definition) is 3. The van der Waals surface area contributed by atoms with Gasteiger partial charge >= 0.3 is 17.9 Å². The number of rotatable bonds is 9. The number of carbonyl (C=O) groups is 4. The van der Waals surface area contributed by atoms with Gasteiger partial charge in [0, 0.05) is 13.5 Å². The fourth-order valence-corrected chi connectivity index (χ4v) is 4.06. The molecule has 10 heteroatoms. The molecule has 1 aromatic rings. The van der Waals surface area contributed by atoms with E-state index in [-0.39, 0.29) is 23.7 Å². The molecule has 1 saturated heterocycles. The number of nitrogens with one attached hydrogen (secondary N) is 2. The van der Waals surface area contributed by atoms with Crippen LogP contribution in [0.5, 0.6) is 5.75 Å². The van der Waals surface area contributed by atoms with Gasteiger partial charge in [-0.05, 0) is 38.3 Å². The summed E-state index contributed by atoms with van der Waals surface area (Å²) in [6.45, 7) is 8.73. The van der Waals surface area contributed by atoms with Gasteiger partial charge in [0.25, 0.3) is 5.91 Å². The lowest BCUT2D eigenvalue weighted by Crippen LogP contribution is -2.50. The molecule has 1 amide bonds. The number of amides is 1. The smallest absolute Gasteiger partial charge is 0.332 e. The lowest BCUT2D eigenvalue weighted by Gasteiger charge is -2.29. The van der Waals surface area contributed by atoms with Crippen LogP contribution in [0.4, 0.5) is 5.69 Å². The van der Waals surface area contributed by atoms with E-state index in [2.05, 4.69) is 10.6 Å². The quantitative estimate of drug-likeness (QED) is 0.262. The zero-order chi connectivity index (χ0) is 27.0. The average molecular weight is 507 g/mol. The van der Waals surface area contributed by atoms with Gasteiger partial charge in [0.05, 0.1) is 17.2 Å². The summed E-state index contributed by atoms with van der Waals surface area (Å²) in [7, 11) is 1.59. The van der Waals surface area contributed by atoms with Crippen molar-refractivity contribution in [3.63, 3.8) is 0 Å². The maximum absolute atomic E-state index is 13.2. The Labute approximate surface area is 212 Å². The number of ether oxygens (including phenoxy) is 3. The van der Waals surface area contributed by atoms with Crippen LogP contribution in [0.1, 0.15) is 70.7 Å². The average Bonchev–Trinajstić information content (AvgIpc) is 2.82. The van der Waals surface area contributed by atoms with E-state index in [1.54, 1.807) is 26.1 Å². The molecule has 1 fully saturated rings. The molecule has 200 valence electrons. The summed E-state index contributed by atoms with van der Waals surface area (Å²) < 4.78 is 16.9. The number of anilines is 1. The van der Waals surface area contributed by atoms with Crippen LogP contribution in [0, 0.1) is 11.8 Å². The number of aromatic hydroxyl groups is 1. The molecule has 2 rings (SSSR count). The number of para-hydroxylation sites is 1. The van der Waals surface area contributed by atoms with Gasteiger partial charge in [-0.25, -0.2) is 4.79 Å². The Morgan fingerprint density at radius 3 is 2.39 bits per heavy atom. The Morgan fingerprint density at radius 2 is 1.78 bits per heavy atom. The Hall–Kier alpha value is -3.30. The van der Waals surface area contributed by atoms with Crippen LogP contribution in [0.2, 0.25) is 0 Å². The van der Waals surface area contributed by atoms with E-state index < -0.39 is 54.1 Å². The number of hydrogen-bond acceptors (Lipinski definition) is 9. The van der Waals surface area contributed by atoms with Gasteiger partial charge in [-0.2, -0.15) is 0 Å². The highest BCUT2D eigenvalue weighted by Gasteiger charge is 2.43. The highest BCUT2D eigenvalue weighted by atomic mass is 16.6. The van der Waals surface area contributed by atoms with E-state index in [9.17, 15) is 24.3 Å². The van der Waals surface area contributed by atoms with Gasteiger partial charge < -0.3 is 30.0 Å². The molecule has 5 atom stereocenters. The van der Waals surface area contributed by atoms with Crippen LogP contribution in [-0.2, 0) is 28.6 Å². The molecule has 1 aliphatic rings. The van der Waals surface area contributed by atoms with E-state index in [0.717, 1.165) is 6.42 Å². The van der Waals surface area contributed by atoms with Crippen molar-refractivity contribution in [3.05, 3.63) is 23.8 Å². The number of unbranched alkanes of at least 4 members (excludes halogenated alkanes) is 1. The van der Waals surface area contributed by atoms with E-state index in [0.29, 0.717) is 18.5 Å². The Morgan fingerprint density at radius 1 is 1.11 bits per heavy atom. The van der Waals surface area contributed by atoms with E-state index in [1.807, 2.05) is 20.8 Å². The number of cyclic esters (lactones) is 2. The van der Waals surface area contributed by atoms with Crippen LogP contribution >= 0.6 is 0 Å². The highest BCUT2D eigenvalue weighted by Crippen LogP contribution is 2.29. The third-order valence-electron chi connectivity index (χ3n) is 6.04. The number of benzene rings is 1. The van der Waals surface area contributed by atoms with Crippen LogP contribution < -0.4 is 10.6 Å². The molecule has 0 aromatic heterocycles. The van der Waals surface area contributed by atoms with Gasteiger partial charge in [0.2, 0.25) is 0 Å². The van der Waals surface area contributed by atoms with Crippen molar-refractivity contribution in [1.29, 1.82) is 0 Å². The largest absolute Gasteiger partial charge is 0.505 e. The van der Waals surface area contributed by atoms with Gasteiger partial charge in [-0.3, -0.25) is 14.4 Å². The first-order valence-electron chi connectivity index (χ1n) is 12.4. The van der Waals surface area contributed by atoms with Gasteiger partial charge in [0.15, 0.2) is 17.9 Å². The summed E-state index contributed by atoms with van der Waals surface area (Å²) >= 11 is 0. The SMILES string of the molecule is CCCC[C@H]1C(=O)O[C@H](C)[C@H](NC(=O)c2cccc(NC)c2O)C(=O)O[C@@H](C)[C@@H]1OC(=O)CC(C)C. The Balaban J connectivity index is 2.34. The molecular weight excluding hydrogens is 468 g/mol. The van der Waals surface area contributed by atoms with Crippen molar-refractivity contribution in [2.75, 3.05) is 12.4 Å². The highest BCUT2D eigenvalue weighted by molar-refractivity contribution is 6.00. The minimum absolute atomic E-state index is 0.0465. The lowest BCUT2D eigenvalue weighted by atomic mass is 9.92. The topological polar surface area (TPSA) is 140 Å². The van der Waals surface area contributed by atoms with Crippen molar-refractivity contribution >= 4 is 29.5 Å². The summed E-state index contributed by atoms with van der Waals surface area (Å²) in [4.78, 5) is 51.7. The van der Waals surface area contributed by atoms with Crippen molar-refractivity contribution < 1.29 is 38.5 Å². The molecule has 0 saturated carbocycles. The molecule has 0 aliphatic carbocycles. The van der Waals surface area contributed by atoms with Crippen molar-refractivity contribution in [3.8, 4) is 5.75 Å². The molecule has 3 N–H and O–H groups in total. The summed E-state index contributed by atoms with van der Waals surface area (Å²) in [5.41, 5.74) is 0.264. The zero-order valence-electron chi connectivity index (χ0n) is 21.8. The third kappa shape index (κ3) is 7.35. The van der Waals surface area contributed by atoms with Gasteiger partial charge in [0.1, 0.15) is 12.2 Å². The predicted molar refractivity (Wildman–Crippen MR) is 132 cm³/mol. The first-order valence-corrected chi connectivity index (χ1v) is 12.4. The maximum Gasteiger partial charge on any atom is 0.332 e. The molecule has 36 heavy (non-hydrogen) atoms. The molecule has 0 bridgehead atoms. The molecular formula is C26H38N2O8. The minimum Gasteiger partial charge on any atom is -0.505 e. The van der Waals surface area contributed by atoms with Crippen molar-refractivity contribution in [2.45, 2.75) is 84.7 Å². The molecule has 0 unspecified atom stereocenters. The summed E-state index contributed by atoms with van der Waals surface area (Å²) in [5.74, 6) is -3.80. The first kappa shape index (κ1) is 28.9. The monoisotopic (exact) mass is 506 g/mol. The Bertz CT molecular complexity index is 948. The second-order valence-electron chi connectivity index (χ2n) is 9.49. The van der Waals surface area contributed by atoms with Crippen LogP contribution in [0.15, 0.2) is 18.2 Å². The first-order chi connectivity index (χ1) is 17.0. The minimum atomic E-state index is -1.35. The van der Waals surface area contributed by atoms with E-state index in [1.165, 1.54) is 13.0 Å². The lowest BCUT2D eigenvalue weighted by molar-refractivity contribution is -0.175. The van der Waals surface area contributed by atoms with Gasteiger partial charge in [-0.15, -0.1) is 0 Å². The molecule has 1 heterocycles. The van der Waals surface area contributed by atoms with Gasteiger partial charge in [-0.1, -0.05) is 39.7 Å². The normalized spacial score (nSPS) is 24.6. The van der Waals surface area contributed by atoms with E-state index >= 15 is 0 Å². The number of phenolic OH excluding ortho intramolecular Hbond substituents is 1. The second kappa shape index (κ2) is 13.1. The summed E-state index contributed by atoms with van der Waals surface area (Å²) in [5, 5.41) is 15.7. The van der Waals surface area contributed by atoms with Crippen LogP contribution in [0.3, 0.4) is 0 Å². The fourth-order valence-electron chi connectivity index (χ4n) is 4.06.